The van der Waals surface area contributed by atoms with Crippen LogP contribution in [0.15, 0.2) is 18.3 Å². The predicted molar refractivity (Wildman–Crippen MR) is 121 cm³/mol. The molecule has 31 heavy (non-hydrogen) atoms. The number of ether oxygens (including phenoxy) is 2. The van der Waals surface area contributed by atoms with Crippen molar-refractivity contribution in [2.24, 2.45) is 0 Å². The fourth-order valence-corrected chi connectivity index (χ4v) is 2.99. The first-order valence-electron chi connectivity index (χ1n) is 10.6. The zero-order valence-electron chi connectivity index (χ0n) is 19.2. The number of hydrogen-bond donors (Lipinski definition) is 2. The van der Waals surface area contributed by atoms with E-state index in [4.69, 9.17) is 9.47 Å². The normalized spacial score (nSPS) is 10.7. The number of nitrogens with one attached hydrogen (secondary N) is 2. The Morgan fingerprint density at radius 3 is 2.23 bits per heavy atom. The summed E-state index contributed by atoms with van der Waals surface area (Å²) in [6.45, 7) is 9.88. The molecule has 0 aliphatic rings. The number of anilines is 2. The Hall–Kier alpha value is -3.16. The number of aryl methyl sites for hydroxylation is 1. The van der Waals surface area contributed by atoms with Crippen LogP contribution in [0.5, 0.6) is 17.2 Å². The highest BCUT2D eigenvalue weighted by molar-refractivity contribution is 5.92. The van der Waals surface area contributed by atoms with Crippen LogP contribution < -0.4 is 20.1 Å². The number of carbonyl (C=O) groups excluding carboxylic acids is 2. The molecule has 0 atom stereocenters. The minimum absolute atomic E-state index is 0.118. The highest BCUT2D eigenvalue weighted by atomic mass is 16.5. The molecule has 168 valence electrons. The maximum atomic E-state index is 12.2. The standard InChI is InChI=1S/C23H32N4O4/c1-7-9-20(28)25-22-19(13-24-23(27-22)26-21(29)10-8-2)31-18-11-15(5)17(30-6)12-16(18)14(3)4/h11-14H,7-10H2,1-6H3,(H2,24,25,26,27,28,29). The summed E-state index contributed by atoms with van der Waals surface area (Å²) in [5.74, 6) is 1.83. The zero-order valence-corrected chi connectivity index (χ0v) is 19.2. The Morgan fingerprint density at radius 2 is 1.65 bits per heavy atom. The average molecular weight is 429 g/mol. The average Bonchev–Trinajstić information content (AvgIpc) is 2.70. The number of rotatable bonds is 10. The van der Waals surface area contributed by atoms with E-state index in [0.717, 1.165) is 16.9 Å². The van der Waals surface area contributed by atoms with E-state index in [1.807, 2.05) is 32.9 Å². The van der Waals surface area contributed by atoms with Gasteiger partial charge in [0.2, 0.25) is 17.8 Å². The van der Waals surface area contributed by atoms with E-state index in [2.05, 4.69) is 34.4 Å². The topological polar surface area (TPSA) is 102 Å². The molecule has 2 rings (SSSR count). The molecule has 8 heteroatoms. The Kier molecular flexibility index (Phi) is 8.78. The quantitative estimate of drug-likeness (QED) is 0.540. The summed E-state index contributed by atoms with van der Waals surface area (Å²) in [7, 11) is 1.63. The molecule has 1 aromatic carbocycles. The van der Waals surface area contributed by atoms with Crippen molar-refractivity contribution in [1.82, 2.24) is 9.97 Å². The van der Waals surface area contributed by atoms with E-state index < -0.39 is 0 Å². The van der Waals surface area contributed by atoms with E-state index in [1.54, 1.807) is 7.11 Å². The molecule has 0 bridgehead atoms. The molecule has 0 aliphatic carbocycles. The number of benzene rings is 1. The largest absolute Gasteiger partial charge is 0.496 e. The van der Waals surface area contributed by atoms with Crippen molar-refractivity contribution in [2.45, 2.75) is 66.2 Å². The van der Waals surface area contributed by atoms with Gasteiger partial charge in [-0.25, -0.2) is 4.98 Å². The van der Waals surface area contributed by atoms with Crippen molar-refractivity contribution < 1.29 is 19.1 Å². The summed E-state index contributed by atoms with van der Waals surface area (Å²) in [5.41, 5.74) is 1.87. The summed E-state index contributed by atoms with van der Waals surface area (Å²) >= 11 is 0. The second-order valence-electron chi connectivity index (χ2n) is 7.62. The van der Waals surface area contributed by atoms with E-state index in [1.165, 1.54) is 6.20 Å². The fourth-order valence-electron chi connectivity index (χ4n) is 2.99. The first kappa shape index (κ1) is 24.1. The first-order chi connectivity index (χ1) is 14.8. The molecule has 0 spiro atoms. The molecule has 0 fully saturated rings. The zero-order chi connectivity index (χ0) is 23.0. The molecule has 0 saturated heterocycles. The van der Waals surface area contributed by atoms with Gasteiger partial charge in [0.25, 0.3) is 0 Å². The minimum Gasteiger partial charge on any atom is -0.496 e. The Labute approximate surface area is 183 Å². The third-order valence-corrected chi connectivity index (χ3v) is 4.59. The fraction of sp³-hybridized carbons (Fsp3) is 0.478. The third-order valence-electron chi connectivity index (χ3n) is 4.59. The Morgan fingerprint density at radius 1 is 1.00 bits per heavy atom. The molecule has 0 unspecified atom stereocenters. The van der Waals surface area contributed by atoms with Crippen LogP contribution in [0.3, 0.4) is 0 Å². The second-order valence-corrected chi connectivity index (χ2v) is 7.62. The van der Waals surface area contributed by atoms with Gasteiger partial charge in [-0.3, -0.25) is 14.9 Å². The number of aromatic nitrogens is 2. The van der Waals surface area contributed by atoms with E-state index >= 15 is 0 Å². The smallest absolute Gasteiger partial charge is 0.231 e. The molecular formula is C23H32N4O4. The lowest BCUT2D eigenvalue weighted by atomic mass is 10.00. The van der Waals surface area contributed by atoms with Gasteiger partial charge in [-0.15, -0.1) is 0 Å². The van der Waals surface area contributed by atoms with Crippen LogP contribution in [0, 0.1) is 6.92 Å². The van der Waals surface area contributed by atoms with Gasteiger partial charge in [-0.05, 0) is 43.4 Å². The van der Waals surface area contributed by atoms with Crippen LogP contribution in [0.25, 0.3) is 0 Å². The molecule has 0 saturated carbocycles. The summed E-state index contributed by atoms with van der Waals surface area (Å²) in [6.07, 6.45) is 3.58. The molecule has 0 aliphatic heterocycles. The maximum absolute atomic E-state index is 12.2. The monoisotopic (exact) mass is 428 g/mol. The maximum Gasteiger partial charge on any atom is 0.231 e. The van der Waals surface area contributed by atoms with Crippen LogP contribution >= 0.6 is 0 Å². The molecule has 0 radical (unpaired) electrons. The number of amides is 2. The van der Waals surface area contributed by atoms with Gasteiger partial charge in [-0.2, -0.15) is 4.98 Å². The molecule has 1 aromatic heterocycles. The molecule has 2 N–H and O–H groups in total. The van der Waals surface area contributed by atoms with Crippen LogP contribution in [0.1, 0.15) is 70.4 Å². The summed E-state index contributed by atoms with van der Waals surface area (Å²) in [4.78, 5) is 32.7. The highest BCUT2D eigenvalue weighted by Crippen LogP contribution is 2.37. The molecule has 2 aromatic rings. The Bertz CT molecular complexity index is 928. The van der Waals surface area contributed by atoms with Crippen LogP contribution in [0.2, 0.25) is 0 Å². The number of carbonyl (C=O) groups is 2. The summed E-state index contributed by atoms with van der Waals surface area (Å²) in [6, 6.07) is 3.84. The van der Waals surface area contributed by atoms with Gasteiger partial charge in [0.05, 0.1) is 13.3 Å². The van der Waals surface area contributed by atoms with Crippen molar-refractivity contribution in [2.75, 3.05) is 17.7 Å². The number of methoxy groups -OCH3 is 1. The van der Waals surface area contributed by atoms with Crippen molar-refractivity contribution in [3.63, 3.8) is 0 Å². The summed E-state index contributed by atoms with van der Waals surface area (Å²) < 4.78 is 11.6. The van der Waals surface area contributed by atoms with E-state index in [0.29, 0.717) is 37.2 Å². The van der Waals surface area contributed by atoms with Gasteiger partial charge in [0, 0.05) is 18.4 Å². The SMILES string of the molecule is CCCC(=O)Nc1ncc(Oc2cc(C)c(OC)cc2C(C)C)c(NC(=O)CCC)n1. The van der Waals surface area contributed by atoms with Crippen molar-refractivity contribution in [3.05, 3.63) is 29.5 Å². The lowest BCUT2D eigenvalue weighted by Crippen LogP contribution is -2.17. The van der Waals surface area contributed by atoms with Crippen LogP contribution in [-0.4, -0.2) is 28.9 Å². The van der Waals surface area contributed by atoms with Gasteiger partial charge < -0.3 is 14.8 Å². The van der Waals surface area contributed by atoms with Gasteiger partial charge >= 0.3 is 0 Å². The molecule has 8 nitrogen and oxygen atoms in total. The second kappa shape index (κ2) is 11.3. The first-order valence-corrected chi connectivity index (χ1v) is 10.6. The highest BCUT2D eigenvalue weighted by Gasteiger charge is 2.18. The van der Waals surface area contributed by atoms with Gasteiger partial charge in [0.15, 0.2) is 11.6 Å². The van der Waals surface area contributed by atoms with Gasteiger partial charge in [-0.1, -0.05) is 27.7 Å². The third kappa shape index (κ3) is 6.67. The van der Waals surface area contributed by atoms with E-state index in [9.17, 15) is 9.59 Å². The molecular weight excluding hydrogens is 396 g/mol. The van der Waals surface area contributed by atoms with Gasteiger partial charge in [0.1, 0.15) is 11.5 Å². The minimum atomic E-state index is -0.188. The summed E-state index contributed by atoms with van der Waals surface area (Å²) in [5, 5.41) is 5.42. The van der Waals surface area contributed by atoms with E-state index in [-0.39, 0.29) is 29.5 Å². The van der Waals surface area contributed by atoms with Crippen LogP contribution in [-0.2, 0) is 9.59 Å². The Balaban J connectivity index is 2.43. The number of nitrogens with zero attached hydrogens (tertiary/aromatic N) is 2. The van der Waals surface area contributed by atoms with Crippen molar-refractivity contribution >= 4 is 23.6 Å². The van der Waals surface area contributed by atoms with Crippen molar-refractivity contribution in [3.8, 4) is 17.2 Å². The van der Waals surface area contributed by atoms with Crippen molar-refractivity contribution in [1.29, 1.82) is 0 Å². The lowest BCUT2D eigenvalue weighted by Gasteiger charge is -2.18. The molecule has 1 heterocycles. The predicted octanol–water partition coefficient (Wildman–Crippen LogP) is 5.19. The number of hydrogen-bond acceptors (Lipinski definition) is 6. The lowest BCUT2D eigenvalue weighted by molar-refractivity contribution is -0.117. The van der Waals surface area contributed by atoms with Crippen LogP contribution in [0.4, 0.5) is 11.8 Å². The molecule has 2 amide bonds.